The van der Waals surface area contributed by atoms with Gasteiger partial charge in [-0.3, -0.25) is 0 Å². The standard InChI is InChI=1S/C11H13ClO3/c1-7-4-9(15-11(13)14-3)5-8(2)10(7)6-12/h4-5H,6H2,1-3H3. The van der Waals surface area contributed by atoms with E-state index in [9.17, 15) is 4.79 Å². The lowest BCUT2D eigenvalue weighted by molar-refractivity contribution is 0.121. The number of alkyl halides is 1. The van der Waals surface area contributed by atoms with Crippen LogP contribution in [0.4, 0.5) is 4.79 Å². The third-order valence-electron chi connectivity index (χ3n) is 2.17. The largest absolute Gasteiger partial charge is 0.513 e. The van der Waals surface area contributed by atoms with E-state index in [1.54, 1.807) is 12.1 Å². The highest BCUT2D eigenvalue weighted by molar-refractivity contribution is 6.17. The van der Waals surface area contributed by atoms with Gasteiger partial charge in [0.25, 0.3) is 0 Å². The van der Waals surface area contributed by atoms with Crippen LogP contribution in [0.3, 0.4) is 0 Å². The smallest absolute Gasteiger partial charge is 0.437 e. The fourth-order valence-corrected chi connectivity index (χ4v) is 1.78. The number of halogens is 1. The molecule has 0 saturated carbocycles. The van der Waals surface area contributed by atoms with E-state index in [0.717, 1.165) is 16.7 Å². The predicted octanol–water partition coefficient (Wildman–Crippen LogP) is 3.19. The Morgan fingerprint density at radius 2 is 1.87 bits per heavy atom. The zero-order chi connectivity index (χ0) is 11.4. The van der Waals surface area contributed by atoms with Crippen molar-refractivity contribution in [2.24, 2.45) is 0 Å². The molecule has 0 bridgehead atoms. The second-order valence-corrected chi connectivity index (χ2v) is 3.49. The molecule has 0 spiro atoms. The van der Waals surface area contributed by atoms with E-state index in [0.29, 0.717) is 11.6 Å². The molecule has 0 amide bonds. The molecule has 1 aromatic rings. The Morgan fingerprint density at radius 1 is 1.33 bits per heavy atom. The first-order chi connectivity index (χ1) is 7.08. The van der Waals surface area contributed by atoms with Crippen LogP contribution in [0.25, 0.3) is 0 Å². The van der Waals surface area contributed by atoms with E-state index in [1.807, 2.05) is 13.8 Å². The molecule has 0 fully saturated rings. The summed E-state index contributed by atoms with van der Waals surface area (Å²) in [6.45, 7) is 3.85. The molecule has 0 radical (unpaired) electrons. The van der Waals surface area contributed by atoms with Crippen LogP contribution in [0, 0.1) is 13.8 Å². The Labute approximate surface area is 93.9 Å². The van der Waals surface area contributed by atoms with Crippen molar-refractivity contribution in [1.29, 1.82) is 0 Å². The van der Waals surface area contributed by atoms with Crippen molar-refractivity contribution in [3.05, 3.63) is 28.8 Å². The number of aryl methyl sites for hydroxylation is 2. The van der Waals surface area contributed by atoms with Gasteiger partial charge in [-0.05, 0) is 42.7 Å². The Hall–Kier alpha value is -1.22. The molecular formula is C11H13ClO3. The highest BCUT2D eigenvalue weighted by atomic mass is 35.5. The maximum Gasteiger partial charge on any atom is 0.513 e. The van der Waals surface area contributed by atoms with Gasteiger partial charge < -0.3 is 9.47 Å². The number of hydrogen-bond acceptors (Lipinski definition) is 3. The first kappa shape index (κ1) is 11.9. The predicted molar refractivity (Wildman–Crippen MR) is 58.5 cm³/mol. The molecule has 0 aliphatic heterocycles. The van der Waals surface area contributed by atoms with Crippen LogP contribution in [0.15, 0.2) is 12.1 Å². The Kier molecular flexibility index (Phi) is 3.97. The van der Waals surface area contributed by atoms with Crippen LogP contribution >= 0.6 is 11.6 Å². The van der Waals surface area contributed by atoms with Gasteiger partial charge in [0.15, 0.2) is 0 Å². The van der Waals surface area contributed by atoms with Crippen molar-refractivity contribution in [2.45, 2.75) is 19.7 Å². The van der Waals surface area contributed by atoms with Crippen molar-refractivity contribution in [3.8, 4) is 5.75 Å². The van der Waals surface area contributed by atoms with Gasteiger partial charge in [0.1, 0.15) is 5.75 Å². The molecule has 82 valence electrons. The quantitative estimate of drug-likeness (QED) is 0.443. The number of carbonyl (C=O) groups is 1. The third kappa shape index (κ3) is 2.86. The van der Waals surface area contributed by atoms with E-state index in [-0.39, 0.29) is 0 Å². The first-order valence-electron chi connectivity index (χ1n) is 4.50. The molecule has 4 heteroatoms. The minimum atomic E-state index is -0.715. The van der Waals surface area contributed by atoms with E-state index in [2.05, 4.69) is 4.74 Å². The van der Waals surface area contributed by atoms with Gasteiger partial charge in [-0.2, -0.15) is 0 Å². The van der Waals surface area contributed by atoms with Crippen molar-refractivity contribution in [2.75, 3.05) is 7.11 Å². The second kappa shape index (κ2) is 5.03. The van der Waals surface area contributed by atoms with E-state index in [1.165, 1.54) is 7.11 Å². The van der Waals surface area contributed by atoms with E-state index < -0.39 is 6.16 Å². The van der Waals surface area contributed by atoms with Crippen LogP contribution in [-0.4, -0.2) is 13.3 Å². The van der Waals surface area contributed by atoms with Crippen LogP contribution in [0.1, 0.15) is 16.7 Å². The number of carbonyl (C=O) groups excluding carboxylic acids is 1. The monoisotopic (exact) mass is 228 g/mol. The topological polar surface area (TPSA) is 35.5 Å². The van der Waals surface area contributed by atoms with Crippen LogP contribution in [0.2, 0.25) is 0 Å². The Balaban J connectivity index is 2.98. The number of rotatable bonds is 2. The van der Waals surface area contributed by atoms with Gasteiger partial charge >= 0.3 is 6.16 Å². The average Bonchev–Trinajstić information content (AvgIpc) is 2.17. The zero-order valence-electron chi connectivity index (χ0n) is 8.96. The van der Waals surface area contributed by atoms with E-state index in [4.69, 9.17) is 16.3 Å². The van der Waals surface area contributed by atoms with Crippen molar-refractivity contribution in [1.82, 2.24) is 0 Å². The molecule has 0 unspecified atom stereocenters. The minimum absolute atomic E-state index is 0.455. The van der Waals surface area contributed by atoms with Gasteiger partial charge in [-0.1, -0.05) is 0 Å². The maximum absolute atomic E-state index is 10.9. The summed E-state index contributed by atoms with van der Waals surface area (Å²) in [4.78, 5) is 10.9. The molecule has 0 atom stereocenters. The second-order valence-electron chi connectivity index (χ2n) is 3.23. The highest BCUT2D eigenvalue weighted by Crippen LogP contribution is 2.23. The Bertz CT molecular complexity index is 351. The molecule has 1 rings (SSSR count). The summed E-state index contributed by atoms with van der Waals surface area (Å²) in [7, 11) is 1.27. The first-order valence-corrected chi connectivity index (χ1v) is 5.03. The Morgan fingerprint density at radius 3 is 2.27 bits per heavy atom. The number of methoxy groups -OCH3 is 1. The maximum atomic E-state index is 10.9. The lowest BCUT2D eigenvalue weighted by atomic mass is 10.0. The van der Waals surface area contributed by atoms with Gasteiger partial charge in [-0.15, -0.1) is 11.6 Å². The molecule has 0 heterocycles. The molecule has 0 aliphatic rings. The summed E-state index contributed by atoms with van der Waals surface area (Å²) >= 11 is 5.79. The minimum Gasteiger partial charge on any atom is -0.437 e. The van der Waals surface area contributed by atoms with Gasteiger partial charge in [0, 0.05) is 5.88 Å². The lowest BCUT2D eigenvalue weighted by Crippen LogP contribution is -2.08. The van der Waals surface area contributed by atoms with Gasteiger partial charge in [-0.25, -0.2) is 4.79 Å². The van der Waals surface area contributed by atoms with Gasteiger partial charge in [0.05, 0.1) is 7.11 Å². The van der Waals surface area contributed by atoms with Crippen LogP contribution in [-0.2, 0) is 10.6 Å². The van der Waals surface area contributed by atoms with Crippen molar-refractivity contribution >= 4 is 17.8 Å². The summed E-state index contributed by atoms with van der Waals surface area (Å²) < 4.78 is 9.32. The lowest BCUT2D eigenvalue weighted by Gasteiger charge is -2.09. The van der Waals surface area contributed by atoms with Gasteiger partial charge in [0.2, 0.25) is 0 Å². The fourth-order valence-electron chi connectivity index (χ4n) is 1.36. The number of hydrogen-bond donors (Lipinski definition) is 0. The normalized spacial score (nSPS) is 9.87. The molecule has 3 nitrogen and oxygen atoms in total. The molecule has 1 aromatic carbocycles. The molecule has 0 aliphatic carbocycles. The fraction of sp³-hybridized carbons (Fsp3) is 0.364. The summed E-state index contributed by atoms with van der Waals surface area (Å²) in [6, 6.07) is 3.53. The van der Waals surface area contributed by atoms with E-state index >= 15 is 0 Å². The molecule has 0 aromatic heterocycles. The zero-order valence-corrected chi connectivity index (χ0v) is 9.72. The molecule has 15 heavy (non-hydrogen) atoms. The van der Waals surface area contributed by atoms with Crippen LogP contribution < -0.4 is 4.74 Å². The molecule has 0 N–H and O–H groups in total. The SMILES string of the molecule is COC(=O)Oc1cc(C)c(CCl)c(C)c1. The number of ether oxygens (including phenoxy) is 2. The molecule has 0 saturated heterocycles. The van der Waals surface area contributed by atoms with Crippen LogP contribution in [0.5, 0.6) is 5.75 Å². The third-order valence-corrected chi connectivity index (χ3v) is 2.44. The van der Waals surface area contributed by atoms with Crippen molar-refractivity contribution in [3.63, 3.8) is 0 Å². The highest BCUT2D eigenvalue weighted by Gasteiger charge is 2.08. The van der Waals surface area contributed by atoms with Crippen molar-refractivity contribution < 1.29 is 14.3 Å². The summed E-state index contributed by atoms with van der Waals surface area (Å²) in [6.07, 6.45) is -0.715. The summed E-state index contributed by atoms with van der Waals surface area (Å²) in [5, 5.41) is 0. The average molecular weight is 229 g/mol. The summed E-state index contributed by atoms with van der Waals surface area (Å²) in [5.74, 6) is 0.932. The summed E-state index contributed by atoms with van der Waals surface area (Å²) in [5.41, 5.74) is 3.07. The number of benzene rings is 1. The molecular weight excluding hydrogens is 216 g/mol.